The van der Waals surface area contributed by atoms with Gasteiger partial charge in [-0.3, -0.25) is 0 Å². The van der Waals surface area contributed by atoms with Gasteiger partial charge < -0.3 is 10.2 Å². The lowest BCUT2D eigenvalue weighted by Gasteiger charge is -2.16. The average molecular weight is 234 g/mol. The van der Waals surface area contributed by atoms with Gasteiger partial charge in [0, 0.05) is 25.0 Å². The molecule has 2 N–H and O–H groups in total. The summed E-state index contributed by atoms with van der Waals surface area (Å²) >= 11 is 0. The molecule has 1 aromatic carbocycles. The molecule has 0 aromatic heterocycles. The van der Waals surface area contributed by atoms with Gasteiger partial charge in [0.1, 0.15) is 0 Å². The third-order valence-corrected chi connectivity index (χ3v) is 3.16. The molecule has 0 spiro atoms. The summed E-state index contributed by atoms with van der Waals surface area (Å²) in [5, 5.41) is 18.5. The maximum Gasteiger partial charge on any atom is 0.0497 e. The van der Waals surface area contributed by atoms with Crippen molar-refractivity contribution in [2.45, 2.75) is 32.6 Å². The van der Waals surface area contributed by atoms with Crippen LogP contribution in [-0.2, 0) is 0 Å². The highest BCUT2D eigenvalue weighted by Crippen LogP contribution is 2.26. The van der Waals surface area contributed by atoms with Crippen LogP contribution < -0.4 is 0 Å². The zero-order chi connectivity index (χ0) is 13.0. The standard InChI is InChI=1S/C15H22O2/c1-10(2)13-5-14(11(3)8-16)7-15(6-13)12(4)9-17/h5-7,11-12,16-17H,1,8-9H2,2-4H3. The van der Waals surface area contributed by atoms with Gasteiger partial charge in [0.15, 0.2) is 0 Å². The van der Waals surface area contributed by atoms with Crippen LogP contribution in [0.25, 0.3) is 5.57 Å². The number of hydrogen-bond acceptors (Lipinski definition) is 2. The van der Waals surface area contributed by atoms with E-state index in [2.05, 4.69) is 24.8 Å². The van der Waals surface area contributed by atoms with Gasteiger partial charge in [0.2, 0.25) is 0 Å². The molecule has 0 saturated carbocycles. The third-order valence-electron chi connectivity index (χ3n) is 3.16. The zero-order valence-corrected chi connectivity index (χ0v) is 10.9. The summed E-state index contributed by atoms with van der Waals surface area (Å²) in [5.74, 6) is 0.220. The maximum absolute atomic E-state index is 9.23. The summed E-state index contributed by atoms with van der Waals surface area (Å²) in [6, 6.07) is 6.20. The van der Waals surface area contributed by atoms with Crippen LogP contribution in [0.1, 0.15) is 49.3 Å². The number of aliphatic hydroxyl groups is 2. The highest BCUT2D eigenvalue weighted by atomic mass is 16.3. The van der Waals surface area contributed by atoms with E-state index in [1.54, 1.807) is 0 Å². The van der Waals surface area contributed by atoms with Crippen molar-refractivity contribution in [3.8, 4) is 0 Å². The molecule has 0 heterocycles. The average Bonchev–Trinajstić information content (AvgIpc) is 2.36. The molecular weight excluding hydrogens is 212 g/mol. The van der Waals surface area contributed by atoms with Gasteiger partial charge in [-0.05, 0) is 23.6 Å². The van der Waals surface area contributed by atoms with Gasteiger partial charge in [0.05, 0.1) is 0 Å². The molecule has 2 heteroatoms. The quantitative estimate of drug-likeness (QED) is 0.822. The van der Waals surface area contributed by atoms with Crippen LogP contribution in [0.5, 0.6) is 0 Å². The maximum atomic E-state index is 9.23. The Morgan fingerprint density at radius 1 is 1.06 bits per heavy atom. The minimum atomic E-state index is 0.110. The predicted octanol–water partition coefficient (Wildman–Crippen LogP) is 2.91. The Labute approximate surface area is 104 Å². The van der Waals surface area contributed by atoms with Crippen LogP contribution >= 0.6 is 0 Å². The lowest BCUT2D eigenvalue weighted by Crippen LogP contribution is -2.04. The molecule has 2 atom stereocenters. The Hall–Kier alpha value is -1.12. The summed E-state index contributed by atoms with van der Waals surface area (Å²) in [7, 11) is 0. The summed E-state index contributed by atoms with van der Waals surface area (Å²) in [5.41, 5.74) is 4.29. The highest BCUT2D eigenvalue weighted by Gasteiger charge is 2.11. The molecule has 0 fully saturated rings. The molecule has 1 aromatic rings. The Morgan fingerprint density at radius 3 is 1.76 bits per heavy atom. The van der Waals surface area contributed by atoms with Gasteiger partial charge in [-0.2, -0.15) is 0 Å². The molecule has 0 bridgehead atoms. The lowest BCUT2D eigenvalue weighted by atomic mass is 9.90. The van der Waals surface area contributed by atoms with Crippen molar-refractivity contribution in [3.63, 3.8) is 0 Å². The molecule has 0 aliphatic carbocycles. The molecular formula is C15H22O2. The first-order valence-electron chi connectivity index (χ1n) is 6.02. The van der Waals surface area contributed by atoms with Gasteiger partial charge in [-0.25, -0.2) is 0 Å². The second-order valence-electron chi connectivity index (χ2n) is 4.84. The topological polar surface area (TPSA) is 40.5 Å². The van der Waals surface area contributed by atoms with Gasteiger partial charge >= 0.3 is 0 Å². The van der Waals surface area contributed by atoms with E-state index in [0.717, 1.165) is 22.3 Å². The SMILES string of the molecule is C=C(C)c1cc(C(C)CO)cc(C(C)CO)c1. The van der Waals surface area contributed by atoms with Crippen molar-refractivity contribution in [1.29, 1.82) is 0 Å². The number of allylic oxidation sites excluding steroid dienone is 1. The molecule has 2 unspecified atom stereocenters. The van der Waals surface area contributed by atoms with Crippen LogP contribution in [0.4, 0.5) is 0 Å². The van der Waals surface area contributed by atoms with Crippen molar-refractivity contribution in [1.82, 2.24) is 0 Å². The smallest absolute Gasteiger partial charge is 0.0497 e. The highest BCUT2D eigenvalue weighted by molar-refractivity contribution is 5.63. The van der Waals surface area contributed by atoms with Crippen LogP contribution in [0.2, 0.25) is 0 Å². The lowest BCUT2D eigenvalue weighted by molar-refractivity contribution is 0.270. The number of hydrogen-bond donors (Lipinski definition) is 2. The third kappa shape index (κ3) is 3.42. The van der Waals surface area contributed by atoms with Crippen molar-refractivity contribution < 1.29 is 10.2 Å². The van der Waals surface area contributed by atoms with Crippen molar-refractivity contribution in [3.05, 3.63) is 41.5 Å². The van der Waals surface area contributed by atoms with Gasteiger partial charge in [-0.15, -0.1) is 0 Å². The van der Waals surface area contributed by atoms with Crippen LogP contribution in [0.3, 0.4) is 0 Å². The van der Waals surface area contributed by atoms with Crippen molar-refractivity contribution in [2.24, 2.45) is 0 Å². The van der Waals surface area contributed by atoms with E-state index < -0.39 is 0 Å². The van der Waals surface area contributed by atoms with Crippen LogP contribution in [-0.4, -0.2) is 23.4 Å². The number of benzene rings is 1. The molecule has 0 radical (unpaired) electrons. The molecule has 2 nitrogen and oxygen atoms in total. The Balaban J connectivity index is 3.23. The van der Waals surface area contributed by atoms with Crippen molar-refractivity contribution >= 4 is 5.57 Å². The van der Waals surface area contributed by atoms with E-state index in [9.17, 15) is 10.2 Å². The molecule has 0 aliphatic rings. The number of rotatable bonds is 5. The first kappa shape index (κ1) is 13.9. The molecule has 0 aliphatic heterocycles. The molecule has 0 saturated heterocycles. The fourth-order valence-corrected chi connectivity index (χ4v) is 1.70. The Bertz CT molecular complexity index is 368. The Morgan fingerprint density at radius 2 is 1.47 bits per heavy atom. The van der Waals surface area contributed by atoms with E-state index in [4.69, 9.17) is 0 Å². The first-order chi connectivity index (χ1) is 7.99. The first-order valence-corrected chi connectivity index (χ1v) is 6.02. The fraction of sp³-hybridized carbons (Fsp3) is 0.467. The Kier molecular flexibility index (Phi) is 4.91. The van der Waals surface area contributed by atoms with E-state index in [0.29, 0.717) is 0 Å². The monoisotopic (exact) mass is 234 g/mol. The predicted molar refractivity (Wildman–Crippen MR) is 72.2 cm³/mol. The van der Waals surface area contributed by atoms with E-state index in [1.807, 2.05) is 20.8 Å². The van der Waals surface area contributed by atoms with E-state index in [1.165, 1.54) is 0 Å². The summed E-state index contributed by atoms with van der Waals surface area (Å²) in [4.78, 5) is 0. The zero-order valence-electron chi connectivity index (χ0n) is 10.9. The van der Waals surface area contributed by atoms with Crippen LogP contribution in [0.15, 0.2) is 24.8 Å². The van der Waals surface area contributed by atoms with Crippen LogP contribution in [0, 0.1) is 0 Å². The van der Waals surface area contributed by atoms with Gasteiger partial charge in [-0.1, -0.05) is 44.2 Å². The molecule has 0 amide bonds. The van der Waals surface area contributed by atoms with Gasteiger partial charge in [0.25, 0.3) is 0 Å². The molecule has 17 heavy (non-hydrogen) atoms. The van der Waals surface area contributed by atoms with Crippen molar-refractivity contribution in [2.75, 3.05) is 13.2 Å². The fourth-order valence-electron chi connectivity index (χ4n) is 1.70. The van der Waals surface area contributed by atoms with E-state index in [-0.39, 0.29) is 25.0 Å². The molecule has 94 valence electrons. The second-order valence-corrected chi connectivity index (χ2v) is 4.84. The minimum absolute atomic E-state index is 0.110. The molecule has 1 rings (SSSR count). The van der Waals surface area contributed by atoms with E-state index >= 15 is 0 Å². The second kappa shape index (κ2) is 5.99. The summed E-state index contributed by atoms with van der Waals surface area (Å²) < 4.78 is 0. The number of aliphatic hydroxyl groups excluding tert-OH is 2. The minimum Gasteiger partial charge on any atom is -0.396 e. The largest absolute Gasteiger partial charge is 0.396 e. The summed E-state index contributed by atoms with van der Waals surface area (Å²) in [6.07, 6.45) is 0. The normalized spacial score (nSPS) is 14.4. The summed E-state index contributed by atoms with van der Waals surface area (Å²) in [6.45, 7) is 10.2.